The molecule has 28 heavy (non-hydrogen) atoms. The lowest BCUT2D eigenvalue weighted by Crippen LogP contribution is -2.41. The summed E-state index contributed by atoms with van der Waals surface area (Å²) in [4.78, 5) is 36.2. The van der Waals surface area contributed by atoms with Crippen molar-refractivity contribution in [3.05, 3.63) is 59.9 Å². The van der Waals surface area contributed by atoms with Crippen LogP contribution in [-0.4, -0.2) is 30.7 Å². The van der Waals surface area contributed by atoms with Gasteiger partial charge in [0.05, 0.1) is 12.8 Å². The van der Waals surface area contributed by atoms with Gasteiger partial charge in [-0.25, -0.2) is 4.39 Å². The topological polar surface area (TPSA) is 84.5 Å². The molecule has 2 N–H and O–H groups in total. The SMILES string of the molecule is COc1ccc(C(=O)CCCC(=O)NC(C)C(=O)Nc2ccccc2F)cc1. The molecule has 0 fully saturated rings. The molecular formula is C21H23FN2O4. The fraction of sp³-hybridized carbons (Fsp3) is 0.286. The van der Waals surface area contributed by atoms with E-state index in [1.165, 1.54) is 25.1 Å². The number of halogens is 1. The van der Waals surface area contributed by atoms with Crippen LogP contribution in [0.3, 0.4) is 0 Å². The molecule has 2 aromatic rings. The quantitative estimate of drug-likeness (QED) is 0.648. The van der Waals surface area contributed by atoms with Gasteiger partial charge in [0.15, 0.2) is 5.78 Å². The molecular weight excluding hydrogens is 363 g/mol. The monoisotopic (exact) mass is 386 g/mol. The van der Waals surface area contributed by atoms with Crippen LogP contribution in [0.15, 0.2) is 48.5 Å². The maximum Gasteiger partial charge on any atom is 0.246 e. The van der Waals surface area contributed by atoms with Gasteiger partial charge in [-0.3, -0.25) is 14.4 Å². The zero-order valence-electron chi connectivity index (χ0n) is 15.8. The van der Waals surface area contributed by atoms with Crippen molar-refractivity contribution in [1.82, 2.24) is 5.32 Å². The first-order valence-corrected chi connectivity index (χ1v) is 8.92. The number of hydrogen-bond acceptors (Lipinski definition) is 4. The standard InChI is InChI=1S/C21H23FN2O4/c1-14(21(27)24-18-7-4-3-6-17(18)22)23-20(26)9-5-8-19(25)15-10-12-16(28-2)13-11-15/h3-4,6-7,10-14H,5,8-9H2,1-2H3,(H,23,26)(H,24,27). The molecule has 7 heteroatoms. The van der Waals surface area contributed by atoms with Crippen LogP contribution in [0.1, 0.15) is 36.5 Å². The van der Waals surface area contributed by atoms with E-state index < -0.39 is 17.8 Å². The normalized spacial score (nSPS) is 11.4. The fourth-order valence-corrected chi connectivity index (χ4v) is 2.51. The molecule has 6 nitrogen and oxygen atoms in total. The van der Waals surface area contributed by atoms with Gasteiger partial charge in [-0.15, -0.1) is 0 Å². The lowest BCUT2D eigenvalue weighted by Gasteiger charge is -2.14. The van der Waals surface area contributed by atoms with E-state index in [1.54, 1.807) is 37.4 Å². The van der Waals surface area contributed by atoms with Crippen LogP contribution in [0.2, 0.25) is 0 Å². The highest BCUT2D eigenvalue weighted by atomic mass is 19.1. The maximum atomic E-state index is 13.6. The van der Waals surface area contributed by atoms with Gasteiger partial charge in [0.25, 0.3) is 0 Å². The molecule has 1 atom stereocenters. The van der Waals surface area contributed by atoms with Crippen LogP contribution in [-0.2, 0) is 9.59 Å². The minimum absolute atomic E-state index is 0.0543. The Hall–Kier alpha value is -3.22. The second-order valence-electron chi connectivity index (χ2n) is 6.26. The summed E-state index contributed by atoms with van der Waals surface area (Å²) in [6, 6.07) is 11.7. The smallest absolute Gasteiger partial charge is 0.246 e. The summed E-state index contributed by atoms with van der Waals surface area (Å²) >= 11 is 0. The van der Waals surface area contributed by atoms with Crippen molar-refractivity contribution in [2.45, 2.75) is 32.2 Å². The van der Waals surface area contributed by atoms with Gasteiger partial charge in [-0.2, -0.15) is 0 Å². The predicted molar refractivity (Wildman–Crippen MR) is 104 cm³/mol. The van der Waals surface area contributed by atoms with Crippen molar-refractivity contribution in [3.63, 3.8) is 0 Å². The van der Waals surface area contributed by atoms with E-state index in [0.717, 1.165) is 0 Å². The number of carbonyl (C=O) groups excluding carboxylic acids is 3. The molecule has 0 aliphatic heterocycles. The van der Waals surface area contributed by atoms with E-state index in [2.05, 4.69) is 10.6 Å². The van der Waals surface area contributed by atoms with Crippen LogP contribution in [0.25, 0.3) is 0 Å². The first-order chi connectivity index (χ1) is 13.4. The van der Waals surface area contributed by atoms with Crippen molar-refractivity contribution in [3.8, 4) is 5.75 Å². The summed E-state index contributed by atoms with van der Waals surface area (Å²) in [5, 5.41) is 4.97. The second kappa shape index (κ2) is 10.2. The summed E-state index contributed by atoms with van der Waals surface area (Å²) in [5.74, 6) is -0.822. The molecule has 0 bridgehead atoms. The maximum absolute atomic E-state index is 13.6. The third-order valence-electron chi connectivity index (χ3n) is 4.12. The summed E-state index contributed by atoms with van der Waals surface area (Å²) in [5.41, 5.74) is 0.609. The van der Waals surface area contributed by atoms with Crippen molar-refractivity contribution in [1.29, 1.82) is 0 Å². The highest BCUT2D eigenvalue weighted by Crippen LogP contribution is 2.14. The van der Waals surface area contributed by atoms with Crippen LogP contribution in [0, 0.1) is 5.82 Å². The van der Waals surface area contributed by atoms with Crippen LogP contribution in [0.5, 0.6) is 5.75 Å². The van der Waals surface area contributed by atoms with Crippen molar-refractivity contribution in [2.24, 2.45) is 0 Å². The average Bonchev–Trinajstić information content (AvgIpc) is 2.69. The Labute approximate surface area is 163 Å². The van der Waals surface area contributed by atoms with Crippen molar-refractivity contribution in [2.75, 3.05) is 12.4 Å². The Morgan fingerprint density at radius 3 is 2.36 bits per heavy atom. The van der Waals surface area contributed by atoms with Gasteiger partial charge in [0.2, 0.25) is 11.8 Å². The van der Waals surface area contributed by atoms with E-state index in [0.29, 0.717) is 17.7 Å². The number of Topliss-reactive ketones (excluding diaryl/α,β-unsaturated/α-hetero) is 1. The zero-order chi connectivity index (χ0) is 20.5. The van der Waals surface area contributed by atoms with E-state index in [-0.39, 0.29) is 30.2 Å². The van der Waals surface area contributed by atoms with Crippen molar-refractivity contribution >= 4 is 23.3 Å². The minimum atomic E-state index is -0.829. The van der Waals surface area contributed by atoms with E-state index in [4.69, 9.17) is 4.74 Å². The van der Waals surface area contributed by atoms with Gasteiger partial charge in [0.1, 0.15) is 17.6 Å². The first kappa shape index (κ1) is 21.1. The van der Waals surface area contributed by atoms with Crippen LogP contribution < -0.4 is 15.4 Å². The molecule has 0 saturated heterocycles. The number of anilines is 1. The molecule has 1 unspecified atom stereocenters. The number of ketones is 1. The molecule has 0 radical (unpaired) electrons. The molecule has 2 amide bonds. The Bertz CT molecular complexity index is 837. The highest BCUT2D eigenvalue weighted by molar-refractivity contribution is 5.97. The second-order valence-corrected chi connectivity index (χ2v) is 6.26. The summed E-state index contributed by atoms with van der Waals surface area (Å²) in [7, 11) is 1.55. The summed E-state index contributed by atoms with van der Waals surface area (Å²) < 4.78 is 18.6. The number of hydrogen-bond donors (Lipinski definition) is 2. The molecule has 0 aliphatic carbocycles. The lowest BCUT2D eigenvalue weighted by molar-refractivity contribution is -0.126. The number of ether oxygens (including phenoxy) is 1. The zero-order valence-corrected chi connectivity index (χ0v) is 15.8. The van der Waals surface area contributed by atoms with E-state index >= 15 is 0 Å². The molecule has 0 saturated carbocycles. The van der Waals surface area contributed by atoms with Crippen LogP contribution >= 0.6 is 0 Å². The Morgan fingerprint density at radius 2 is 1.71 bits per heavy atom. The molecule has 0 spiro atoms. The number of nitrogens with one attached hydrogen (secondary N) is 2. The molecule has 2 aromatic carbocycles. The molecule has 2 rings (SSSR count). The Morgan fingerprint density at radius 1 is 1.04 bits per heavy atom. The fourth-order valence-electron chi connectivity index (χ4n) is 2.51. The third-order valence-corrected chi connectivity index (χ3v) is 4.12. The number of carbonyl (C=O) groups is 3. The number of amides is 2. The highest BCUT2D eigenvalue weighted by Gasteiger charge is 2.17. The number of benzene rings is 2. The van der Waals surface area contributed by atoms with Gasteiger partial charge >= 0.3 is 0 Å². The van der Waals surface area contributed by atoms with Crippen molar-refractivity contribution < 1.29 is 23.5 Å². The minimum Gasteiger partial charge on any atom is -0.497 e. The van der Waals surface area contributed by atoms with Gasteiger partial charge in [0, 0.05) is 18.4 Å². The Kier molecular flexibility index (Phi) is 7.68. The van der Waals surface area contributed by atoms with Gasteiger partial charge < -0.3 is 15.4 Å². The molecule has 0 aromatic heterocycles. The summed E-state index contributed by atoms with van der Waals surface area (Å²) in [6.45, 7) is 1.51. The summed E-state index contributed by atoms with van der Waals surface area (Å²) in [6.07, 6.45) is 0.688. The van der Waals surface area contributed by atoms with Crippen LogP contribution in [0.4, 0.5) is 10.1 Å². The number of rotatable bonds is 9. The number of para-hydroxylation sites is 1. The third kappa shape index (κ3) is 6.19. The Balaban J connectivity index is 1.74. The van der Waals surface area contributed by atoms with E-state index in [9.17, 15) is 18.8 Å². The molecule has 148 valence electrons. The van der Waals surface area contributed by atoms with E-state index in [1.807, 2.05) is 0 Å². The number of methoxy groups -OCH3 is 1. The average molecular weight is 386 g/mol. The molecule has 0 aliphatic rings. The largest absolute Gasteiger partial charge is 0.497 e. The molecule has 0 heterocycles. The lowest BCUT2D eigenvalue weighted by atomic mass is 10.1. The first-order valence-electron chi connectivity index (χ1n) is 8.92. The predicted octanol–water partition coefficient (Wildman–Crippen LogP) is 3.33. The van der Waals surface area contributed by atoms with Gasteiger partial charge in [-0.05, 0) is 49.7 Å². The van der Waals surface area contributed by atoms with Gasteiger partial charge in [-0.1, -0.05) is 12.1 Å².